The molecule has 1 N–H and O–H groups in total. The maximum Gasteiger partial charge on any atom is 0.227 e. The topological polar surface area (TPSA) is 52.7 Å². The van der Waals surface area contributed by atoms with E-state index in [1.807, 2.05) is 16.8 Å². The molecule has 3 fully saturated rings. The molecule has 2 saturated carbocycles. The molecule has 2 aliphatic carbocycles. The third kappa shape index (κ3) is 4.73. The van der Waals surface area contributed by atoms with Gasteiger partial charge in [0.25, 0.3) is 0 Å². The number of nitrogens with zero attached hydrogens (tertiary/aromatic N) is 2. The van der Waals surface area contributed by atoms with Crippen LogP contribution in [0, 0.1) is 17.7 Å². The Morgan fingerprint density at radius 2 is 1.69 bits per heavy atom. The van der Waals surface area contributed by atoms with Gasteiger partial charge in [-0.1, -0.05) is 19.3 Å². The minimum atomic E-state index is -0.291. The fourth-order valence-electron chi connectivity index (χ4n) is 4.73. The number of benzene rings is 1. The van der Waals surface area contributed by atoms with Gasteiger partial charge in [-0.2, -0.15) is 0 Å². The van der Waals surface area contributed by atoms with Crippen LogP contribution in [-0.4, -0.2) is 42.9 Å². The molecule has 5 nitrogen and oxygen atoms in total. The number of halogens is 1. The first-order chi connectivity index (χ1) is 14.0. The highest BCUT2D eigenvalue weighted by molar-refractivity contribution is 5.93. The molecule has 0 unspecified atom stereocenters. The minimum absolute atomic E-state index is 0.0729. The van der Waals surface area contributed by atoms with Crippen molar-refractivity contribution in [1.29, 1.82) is 0 Å². The number of nitrogens with one attached hydrogen (secondary N) is 1. The van der Waals surface area contributed by atoms with Gasteiger partial charge in [-0.3, -0.25) is 9.59 Å². The normalized spacial score (nSPS) is 21.1. The second kappa shape index (κ2) is 8.72. The van der Waals surface area contributed by atoms with Gasteiger partial charge in [-0.15, -0.1) is 0 Å². The lowest BCUT2D eigenvalue weighted by Gasteiger charge is -2.33. The average molecular weight is 402 g/mol. The lowest BCUT2D eigenvalue weighted by atomic mass is 9.94. The molecule has 1 aromatic carbocycles. The molecular formula is C23H32FN3O2. The maximum atomic E-state index is 14.7. The maximum absolute atomic E-state index is 14.7. The summed E-state index contributed by atoms with van der Waals surface area (Å²) in [5, 5.41) is 2.88. The monoisotopic (exact) mass is 401 g/mol. The van der Waals surface area contributed by atoms with E-state index in [1.54, 1.807) is 12.1 Å². The number of hydrogen-bond donors (Lipinski definition) is 1. The highest BCUT2D eigenvalue weighted by Gasteiger charge is 2.36. The summed E-state index contributed by atoms with van der Waals surface area (Å²) < 4.78 is 14.7. The van der Waals surface area contributed by atoms with Gasteiger partial charge in [0.05, 0.1) is 5.69 Å². The van der Waals surface area contributed by atoms with Crippen molar-refractivity contribution in [3.63, 3.8) is 0 Å². The third-order valence-corrected chi connectivity index (χ3v) is 6.82. The molecule has 0 spiro atoms. The Hall–Kier alpha value is -2.11. The van der Waals surface area contributed by atoms with E-state index in [-0.39, 0.29) is 29.5 Å². The van der Waals surface area contributed by atoms with Crippen LogP contribution in [0.15, 0.2) is 18.2 Å². The van der Waals surface area contributed by atoms with Crippen molar-refractivity contribution >= 4 is 23.2 Å². The van der Waals surface area contributed by atoms with E-state index in [0.29, 0.717) is 43.3 Å². The van der Waals surface area contributed by atoms with Crippen LogP contribution in [0.4, 0.5) is 15.8 Å². The molecule has 0 atom stereocenters. The molecule has 6 heteroatoms. The fourth-order valence-corrected chi connectivity index (χ4v) is 4.73. The number of carbonyl (C=O) groups is 2. The van der Waals surface area contributed by atoms with Gasteiger partial charge in [0.2, 0.25) is 11.8 Å². The van der Waals surface area contributed by atoms with Gasteiger partial charge in [0, 0.05) is 43.7 Å². The Bertz CT molecular complexity index is 750. The number of amides is 2. The molecule has 3 aliphatic rings. The van der Waals surface area contributed by atoms with E-state index in [1.165, 1.54) is 25.3 Å². The molecule has 1 aromatic rings. The Labute approximate surface area is 172 Å². The van der Waals surface area contributed by atoms with Gasteiger partial charge in [0.1, 0.15) is 5.82 Å². The molecule has 4 rings (SSSR count). The molecule has 1 saturated heterocycles. The molecule has 29 heavy (non-hydrogen) atoms. The van der Waals surface area contributed by atoms with Crippen molar-refractivity contribution in [3.8, 4) is 0 Å². The molecule has 2 amide bonds. The van der Waals surface area contributed by atoms with Crippen molar-refractivity contribution in [2.45, 2.75) is 63.8 Å². The summed E-state index contributed by atoms with van der Waals surface area (Å²) in [6, 6.07) is 5.39. The van der Waals surface area contributed by atoms with Crippen molar-refractivity contribution in [2.75, 3.05) is 30.4 Å². The summed E-state index contributed by atoms with van der Waals surface area (Å²) in [6.07, 6.45) is 9.27. The van der Waals surface area contributed by atoms with Crippen LogP contribution in [0.5, 0.6) is 0 Å². The van der Waals surface area contributed by atoms with Crippen LogP contribution in [0.2, 0.25) is 0 Å². The van der Waals surface area contributed by atoms with Crippen molar-refractivity contribution < 1.29 is 14.0 Å². The summed E-state index contributed by atoms with van der Waals surface area (Å²) in [4.78, 5) is 28.7. The van der Waals surface area contributed by atoms with Crippen LogP contribution in [0.25, 0.3) is 0 Å². The number of rotatable bonds is 5. The molecule has 1 heterocycles. The number of anilines is 2. The predicted octanol–water partition coefficient (Wildman–Crippen LogP) is 4.18. The second-order valence-electron chi connectivity index (χ2n) is 8.93. The van der Waals surface area contributed by atoms with E-state index in [2.05, 4.69) is 5.32 Å². The highest BCUT2D eigenvalue weighted by atomic mass is 19.1. The fraction of sp³-hybridized carbons (Fsp3) is 0.652. The van der Waals surface area contributed by atoms with Crippen molar-refractivity contribution in [3.05, 3.63) is 24.0 Å². The van der Waals surface area contributed by atoms with E-state index in [9.17, 15) is 14.0 Å². The number of hydrogen-bond acceptors (Lipinski definition) is 3. The van der Waals surface area contributed by atoms with E-state index < -0.39 is 0 Å². The lowest BCUT2D eigenvalue weighted by molar-refractivity contribution is -0.135. The SMILES string of the molecule is CN(c1ccc(NC(=O)C2CCN(C(=O)C3CC3)CC2)cc1F)C1CCCCC1. The highest BCUT2D eigenvalue weighted by Crippen LogP contribution is 2.33. The smallest absolute Gasteiger partial charge is 0.227 e. The summed E-state index contributed by atoms with van der Waals surface area (Å²) in [6.45, 7) is 1.29. The first-order valence-electron chi connectivity index (χ1n) is 11.1. The molecule has 0 bridgehead atoms. The second-order valence-corrected chi connectivity index (χ2v) is 8.93. The van der Waals surface area contributed by atoms with Crippen LogP contribution < -0.4 is 10.2 Å². The quantitative estimate of drug-likeness (QED) is 0.805. The third-order valence-electron chi connectivity index (χ3n) is 6.82. The van der Waals surface area contributed by atoms with Crippen LogP contribution in [0.1, 0.15) is 57.8 Å². The first-order valence-corrected chi connectivity index (χ1v) is 11.1. The van der Waals surface area contributed by atoms with Gasteiger partial charge in [-0.25, -0.2) is 4.39 Å². The Kier molecular flexibility index (Phi) is 6.07. The van der Waals surface area contributed by atoms with Gasteiger partial charge >= 0.3 is 0 Å². The van der Waals surface area contributed by atoms with Gasteiger partial charge < -0.3 is 15.1 Å². The summed E-state index contributed by atoms with van der Waals surface area (Å²) in [5.41, 5.74) is 1.10. The summed E-state index contributed by atoms with van der Waals surface area (Å²) >= 11 is 0. The molecule has 158 valence electrons. The van der Waals surface area contributed by atoms with Crippen molar-refractivity contribution in [2.24, 2.45) is 11.8 Å². The van der Waals surface area contributed by atoms with Crippen molar-refractivity contribution in [1.82, 2.24) is 4.90 Å². The van der Waals surface area contributed by atoms with Crippen LogP contribution in [0.3, 0.4) is 0 Å². The minimum Gasteiger partial charge on any atom is -0.369 e. The van der Waals surface area contributed by atoms with Gasteiger partial charge in [0.15, 0.2) is 0 Å². The zero-order valence-corrected chi connectivity index (χ0v) is 17.3. The average Bonchev–Trinajstić information content (AvgIpc) is 3.59. The zero-order valence-electron chi connectivity index (χ0n) is 17.3. The summed E-state index contributed by atoms with van der Waals surface area (Å²) in [7, 11) is 1.96. The van der Waals surface area contributed by atoms with E-state index >= 15 is 0 Å². The van der Waals surface area contributed by atoms with Crippen LogP contribution in [-0.2, 0) is 9.59 Å². The molecular weight excluding hydrogens is 369 g/mol. The summed E-state index contributed by atoms with van der Waals surface area (Å²) in [5.74, 6) is 0.000133. The Balaban J connectivity index is 1.31. The molecule has 1 aliphatic heterocycles. The van der Waals surface area contributed by atoms with E-state index in [0.717, 1.165) is 25.7 Å². The lowest BCUT2D eigenvalue weighted by Crippen LogP contribution is -2.42. The zero-order chi connectivity index (χ0) is 20.4. The van der Waals surface area contributed by atoms with Crippen LogP contribution >= 0.6 is 0 Å². The Morgan fingerprint density at radius 3 is 2.31 bits per heavy atom. The molecule has 0 aromatic heterocycles. The van der Waals surface area contributed by atoms with E-state index in [4.69, 9.17) is 0 Å². The standard InChI is InChI=1S/C23H32FN3O2/c1-26(19-5-3-2-4-6-19)21-10-9-18(15-20(21)24)25-22(28)16-11-13-27(14-12-16)23(29)17-7-8-17/h9-10,15-17,19H,2-8,11-14H2,1H3,(H,25,28). The first kappa shape index (κ1) is 20.2. The Morgan fingerprint density at radius 1 is 1.00 bits per heavy atom. The van der Waals surface area contributed by atoms with Gasteiger partial charge in [-0.05, 0) is 56.7 Å². The number of piperidine rings is 1. The number of likely N-dealkylation sites (tertiary alicyclic amines) is 1. The predicted molar refractivity (Wildman–Crippen MR) is 112 cm³/mol. The molecule has 0 radical (unpaired) electrons. The largest absolute Gasteiger partial charge is 0.369 e. The number of carbonyl (C=O) groups excluding carboxylic acids is 2.